The molecule has 0 spiro atoms. The predicted molar refractivity (Wildman–Crippen MR) is 91.6 cm³/mol. The fourth-order valence-electron chi connectivity index (χ4n) is 4.82. The minimum Gasteiger partial charge on any atom is -0.379 e. The molecule has 2 aliphatic carbocycles. The van der Waals surface area contributed by atoms with E-state index in [1.165, 1.54) is 77.0 Å². The summed E-state index contributed by atoms with van der Waals surface area (Å²) >= 11 is 0. The fourth-order valence-corrected chi connectivity index (χ4v) is 4.82. The summed E-state index contributed by atoms with van der Waals surface area (Å²) in [5.74, 6) is 2.05. The largest absolute Gasteiger partial charge is 0.379 e. The van der Waals surface area contributed by atoms with E-state index < -0.39 is 0 Å². The van der Waals surface area contributed by atoms with E-state index >= 15 is 0 Å². The van der Waals surface area contributed by atoms with E-state index in [-0.39, 0.29) is 0 Å². The Morgan fingerprint density at radius 3 is 2.05 bits per heavy atom. The number of hydrogen-bond donors (Lipinski definition) is 0. The van der Waals surface area contributed by atoms with Crippen molar-refractivity contribution in [3.8, 4) is 0 Å². The van der Waals surface area contributed by atoms with Crippen LogP contribution in [0.25, 0.3) is 0 Å². The van der Waals surface area contributed by atoms with Crippen molar-refractivity contribution in [3.05, 3.63) is 0 Å². The highest BCUT2D eigenvalue weighted by molar-refractivity contribution is 4.86. The summed E-state index contributed by atoms with van der Waals surface area (Å²) in [6, 6.07) is 0. The van der Waals surface area contributed by atoms with Gasteiger partial charge in [-0.05, 0) is 82.0 Å². The van der Waals surface area contributed by atoms with Crippen LogP contribution >= 0.6 is 0 Å². The first-order valence-electron chi connectivity index (χ1n) is 9.78. The third-order valence-corrected chi connectivity index (χ3v) is 6.41. The van der Waals surface area contributed by atoms with Crippen molar-refractivity contribution in [2.75, 3.05) is 6.61 Å². The van der Waals surface area contributed by atoms with E-state index in [0.717, 1.165) is 18.4 Å². The van der Waals surface area contributed by atoms with Crippen LogP contribution < -0.4 is 0 Å². The van der Waals surface area contributed by atoms with Gasteiger partial charge in [-0.1, -0.05) is 33.1 Å². The van der Waals surface area contributed by atoms with E-state index in [2.05, 4.69) is 20.8 Å². The lowest BCUT2D eigenvalue weighted by Gasteiger charge is -2.42. The average molecular weight is 295 g/mol. The maximum Gasteiger partial charge on any atom is 0.0575 e. The molecule has 21 heavy (non-hydrogen) atoms. The molecule has 0 saturated heterocycles. The summed E-state index contributed by atoms with van der Waals surface area (Å²) in [7, 11) is 0. The lowest BCUT2D eigenvalue weighted by atomic mass is 9.64. The minimum absolute atomic E-state index is 0.578. The van der Waals surface area contributed by atoms with Crippen molar-refractivity contribution in [2.24, 2.45) is 17.3 Å². The summed E-state index contributed by atoms with van der Waals surface area (Å²) in [6.45, 7) is 7.91. The first kappa shape index (κ1) is 17.3. The van der Waals surface area contributed by atoms with E-state index in [4.69, 9.17) is 4.74 Å². The highest BCUT2D eigenvalue weighted by atomic mass is 16.5. The molecule has 2 fully saturated rings. The van der Waals surface area contributed by atoms with Gasteiger partial charge in [-0.15, -0.1) is 0 Å². The van der Waals surface area contributed by atoms with Gasteiger partial charge in [0.05, 0.1) is 6.10 Å². The molecule has 124 valence electrons. The SMILES string of the molecule is CCCCCC1(C)CCC(C2CCC(OCC)CC2)CC1. The molecular formula is C20H38O. The zero-order valence-corrected chi connectivity index (χ0v) is 14.8. The Morgan fingerprint density at radius 2 is 1.48 bits per heavy atom. The van der Waals surface area contributed by atoms with Crippen LogP contribution in [0.1, 0.15) is 97.8 Å². The zero-order chi connectivity index (χ0) is 15.1. The Hall–Kier alpha value is -0.0400. The van der Waals surface area contributed by atoms with Crippen LogP contribution in [0.2, 0.25) is 0 Å². The average Bonchev–Trinajstić information content (AvgIpc) is 2.50. The molecule has 0 unspecified atom stereocenters. The van der Waals surface area contributed by atoms with Crippen molar-refractivity contribution < 1.29 is 4.74 Å². The molecule has 0 N–H and O–H groups in total. The molecule has 0 aromatic carbocycles. The van der Waals surface area contributed by atoms with Gasteiger partial charge < -0.3 is 4.74 Å². The van der Waals surface area contributed by atoms with Crippen molar-refractivity contribution in [2.45, 2.75) is 104 Å². The molecule has 0 aliphatic heterocycles. The zero-order valence-electron chi connectivity index (χ0n) is 14.8. The van der Waals surface area contributed by atoms with Gasteiger partial charge in [0.25, 0.3) is 0 Å². The van der Waals surface area contributed by atoms with Crippen LogP contribution in [0.4, 0.5) is 0 Å². The van der Waals surface area contributed by atoms with E-state index in [1.54, 1.807) is 0 Å². The van der Waals surface area contributed by atoms with Crippen LogP contribution in [0.5, 0.6) is 0 Å². The van der Waals surface area contributed by atoms with Crippen molar-refractivity contribution in [1.29, 1.82) is 0 Å². The Labute approximate surface area is 133 Å². The second-order valence-electron chi connectivity index (χ2n) is 8.10. The molecule has 1 nitrogen and oxygen atoms in total. The molecule has 0 aromatic rings. The molecule has 0 aromatic heterocycles. The van der Waals surface area contributed by atoms with Gasteiger partial charge in [0.15, 0.2) is 0 Å². The summed E-state index contributed by atoms with van der Waals surface area (Å²) in [6.07, 6.45) is 17.8. The normalized spacial score (nSPS) is 37.6. The molecule has 0 radical (unpaired) electrons. The minimum atomic E-state index is 0.578. The van der Waals surface area contributed by atoms with E-state index in [1.807, 2.05) is 0 Å². The van der Waals surface area contributed by atoms with Gasteiger partial charge in [-0.25, -0.2) is 0 Å². The molecule has 2 rings (SSSR count). The molecule has 0 heterocycles. The van der Waals surface area contributed by atoms with E-state index in [0.29, 0.717) is 11.5 Å². The maximum atomic E-state index is 5.81. The number of rotatable bonds is 7. The van der Waals surface area contributed by atoms with Gasteiger partial charge in [0.2, 0.25) is 0 Å². The lowest BCUT2D eigenvalue weighted by molar-refractivity contribution is 0.00960. The molecule has 1 heteroatoms. The molecule has 2 saturated carbocycles. The first-order chi connectivity index (χ1) is 10.2. The van der Waals surface area contributed by atoms with Gasteiger partial charge >= 0.3 is 0 Å². The third-order valence-electron chi connectivity index (χ3n) is 6.41. The molecule has 2 aliphatic rings. The van der Waals surface area contributed by atoms with Gasteiger partial charge in [0.1, 0.15) is 0 Å². The number of ether oxygens (including phenoxy) is 1. The highest BCUT2D eigenvalue weighted by Crippen LogP contribution is 2.47. The molecular weight excluding hydrogens is 256 g/mol. The third kappa shape index (κ3) is 5.27. The monoisotopic (exact) mass is 294 g/mol. The fraction of sp³-hybridized carbons (Fsp3) is 1.00. The van der Waals surface area contributed by atoms with Crippen LogP contribution in [-0.4, -0.2) is 12.7 Å². The van der Waals surface area contributed by atoms with Crippen LogP contribution in [0.3, 0.4) is 0 Å². The standard InChI is InChI=1S/C20H38O/c1-4-6-7-14-20(3)15-12-18(13-16-20)17-8-10-19(11-9-17)21-5-2/h17-19H,4-16H2,1-3H3. The Bertz CT molecular complexity index is 270. The summed E-state index contributed by atoms with van der Waals surface area (Å²) in [4.78, 5) is 0. The number of hydrogen-bond acceptors (Lipinski definition) is 1. The van der Waals surface area contributed by atoms with Gasteiger partial charge in [0, 0.05) is 6.61 Å². The number of unbranched alkanes of at least 4 members (excludes halogenated alkanes) is 2. The van der Waals surface area contributed by atoms with Gasteiger partial charge in [-0.2, -0.15) is 0 Å². The highest BCUT2D eigenvalue weighted by Gasteiger charge is 2.35. The van der Waals surface area contributed by atoms with Gasteiger partial charge in [-0.3, -0.25) is 0 Å². The lowest BCUT2D eigenvalue weighted by Crippen LogP contribution is -2.31. The topological polar surface area (TPSA) is 9.23 Å². The van der Waals surface area contributed by atoms with Crippen LogP contribution in [0, 0.1) is 17.3 Å². The summed E-state index contributed by atoms with van der Waals surface area (Å²) < 4.78 is 5.81. The molecule has 0 atom stereocenters. The van der Waals surface area contributed by atoms with E-state index in [9.17, 15) is 0 Å². The predicted octanol–water partition coefficient (Wildman–Crippen LogP) is 6.36. The smallest absolute Gasteiger partial charge is 0.0575 e. The quantitative estimate of drug-likeness (QED) is 0.496. The summed E-state index contributed by atoms with van der Waals surface area (Å²) in [5.41, 5.74) is 0.675. The Balaban J connectivity index is 1.69. The van der Waals surface area contributed by atoms with Crippen molar-refractivity contribution in [3.63, 3.8) is 0 Å². The first-order valence-corrected chi connectivity index (χ1v) is 9.78. The van der Waals surface area contributed by atoms with Crippen LogP contribution in [-0.2, 0) is 4.74 Å². The second kappa shape index (κ2) is 8.56. The maximum absolute atomic E-state index is 5.81. The Kier molecular flexibility index (Phi) is 7.05. The summed E-state index contributed by atoms with van der Waals surface area (Å²) in [5, 5.41) is 0. The van der Waals surface area contributed by atoms with Crippen LogP contribution in [0.15, 0.2) is 0 Å². The molecule has 0 bridgehead atoms. The second-order valence-corrected chi connectivity index (χ2v) is 8.10. The molecule has 0 amide bonds. The Morgan fingerprint density at radius 1 is 0.857 bits per heavy atom. The van der Waals surface area contributed by atoms with Crippen molar-refractivity contribution >= 4 is 0 Å². The van der Waals surface area contributed by atoms with Crippen molar-refractivity contribution in [1.82, 2.24) is 0 Å².